The van der Waals surface area contributed by atoms with Crippen LogP contribution in [0.2, 0.25) is 0 Å². The molecule has 0 bridgehead atoms. The molecule has 2 heterocycles. The van der Waals surface area contributed by atoms with E-state index in [2.05, 4.69) is 4.98 Å². The number of aromatic carboxylic acids is 1. The lowest BCUT2D eigenvalue weighted by Gasteiger charge is -2.20. The van der Waals surface area contributed by atoms with Crippen molar-refractivity contribution in [2.45, 2.75) is 44.9 Å². The third-order valence-electron chi connectivity index (χ3n) is 4.07. The second kappa shape index (κ2) is 4.68. The highest BCUT2D eigenvalue weighted by Gasteiger charge is 2.21. The van der Waals surface area contributed by atoms with E-state index < -0.39 is 5.97 Å². The standard InChI is InChI=1S/C15H18N2O2/c1-10-13-8-7-12(15(18)19)9-17(13)14(16-10)11-5-3-2-4-6-11/h7-9,11H,2-6H2,1H3,(H,18,19). The predicted molar refractivity (Wildman–Crippen MR) is 72.7 cm³/mol. The minimum Gasteiger partial charge on any atom is -0.478 e. The first-order chi connectivity index (χ1) is 9.16. The van der Waals surface area contributed by atoms with Gasteiger partial charge in [-0.25, -0.2) is 9.78 Å². The summed E-state index contributed by atoms with van der Waals surface area (Å²) in [6, 6.07) is 3.51. The maximum absolute atomic E-state index is 11.1. The van der Waals surface area contributed by atoms with Crippen LogP contribution in [-0.4, -0.2) is 20.5 Å². The monoisotopic (exact) mass is 258 g/mol. The zero-order valence-corrected chi connectivity index (χ0v) is 11.1. The summed E-state index contributed by atoms with van der Waals surface area (Å²) in [6.07, 6.45) is 7.83. The van der Waals surface area contributed by atoms with Gasteiger partial charge in [0.2, 0.25) is 0 Å². The molecule has 1 N–H and O–H groups in total. The number of imidazole rings is 1. The Morgan fingerprint density at radius 1 is 1.32 bits per heavy atom. The van der Waals surface area contributed by atoms with Crippen molar-refractivity contribution in [3.05, 3.63) is 35.4 Å². The van der Waals surface area contributed by atoms with Gasteiger partial charge in [0, 0.05) is 12.1 Å². The molecule has 0 aromatic carbocycles. The van der Waals surface area contributed by atoms with Crippen molar-refractivity contribution < 1.29 is 9.90 Å². The molecule has 4 nitrogen and oxygen atoms in total. The van der Waals surface area contributed by atoms with Gasteiger partial charge >= 0.3 is 5.97 Å². The number of aromatic nitrogens is 2. The molecule has 0 aliphatic heterocycles. The highest BCUT2D eigenvalue weighted by molar-refractivity contribution is 5.87. The molecule has 4 heteroatoms. The van der Waals surface area contributed by atoms with E-state index in [0.717, 1.165) is 29.9 Å². The largest absolute Gasteiger partial charge is 0.478 e. The number of carbonyl (C=O) groups is 1. The second-order valence-corrected chi connectivity index (χ2v) is 5.37. The van der Waals surface area contributed by atoms with Gasteiger partial charge in [-0.3, -0.25) is 0 Å². The van der Waals surface area contributed by atoms with Crippen LogP contribution in [0.5, 0.6) is 0 Å². The molecule has 1 saturated carbocycles. The van der Waals surface area contributed by atoms with Crippen molar-refractivity contribution in [2.75, 3.05) is 0 Å². The molecule has 0 atom stereocenters. The van der Waals surface area contributed by atoms with E-state index in [0.29, 0.717) is 11.5 Å². The molecular weight excluding hydrogens is 240 g/mol. The normalized spacial score (nSPS) is 16.9. The molecule has 0 amide bonds. The van der Waals surface area contributed by atoms with Crippen LogP contribution < -0.4 is 0 Å². The molecule has 100 valence electrons. The molecule has 1 aliphatic carbocycles. The SMILES string of the molecule is Cc1nc(C2CCCCC2)n2cc(C(=O)O)ccc12. The highest BCUT2D eigenvalue weighted by Crippen LogP contribution is 2.33. The zero-order chi connectivity index (χ0) is 13.4. The van der Waals surface area contributed by atoms with Crippen molar-refractivity contribution >= 4 is 11.5 Å². The van der Waals surface area contributed by atoms with E-state index >= 15 is 0 Å². The average Bonchev–Trinajstić information content (AvgIpc) is 2.77. The molecule has 3 rings (SSSR count). The van der Waals surface area contributed by atoms with Crippen LogP contribution in [0.3, 0.4) is 0 Å². The van der Waals surface area contributed by atoms with Gasteiger partial charge in [-0.05, 0) is 31.9 Å². The zero-order valence-electron chi connectivity index (χ0n) is 11.1. The summed E-state index contributed by atoms with van der Waals surface area (Å²) >= 11 is 0. The minimum atomic E-state index is -0.886. The summed E-state index contributed by atoms with van der Waals surface area (Å²) in [5.74, 6) is 0.622. The van der Waals surface area contributed by atoms with E-state index in [1.165, 1.54) is 19.3 Å². The fourth-order valence-corrected chi connectivity index (χ4v) is 3.04. The van der Waals surface area contributed by atoms with Crippen LogP contribution in [0, 0.1) is 6.92 Å². The van der Waals surface area contributed by atoms with Gasteiger partial charge in [0.1, 0.15) is 5.82 Å². The number of nitrogens with zero attached hydrogens (tertiary/aromatic N) is 2. The molecule has 1 fully saturated rings. The van der Waals surface area contributed by atoms with Crippen molar-refractivity contribution in [3.8, 4) is 0 Å². The Balaban J connectivity index is 2.12. The maximum Gasteiger partial charge on any atom is 0.337 e. The van der Waals surface area contributed by atoms with Gasteiger partial charge in [0.15, 0.2) is 0 Å². The lowest BCUT2D eigenvalue weighted by molar-refractivity contribution is 0.0696. The second-order valence-electron chi connectivity index (χ2n) is 5.37. The third kappa shape index (κ3) is 2.11. The Morgan fingerprint density at radius 2 is 2.05 bits per heavy atom. The summed E-state index contributed by atoms with van der Waals surface area (Å²) in [5, 5.41) is 9.12. The number of pyridine rings is 1. The summed E-state index contributed by atoms with van der Waals surface area (Å²) in [5.41, 5.74) is 2.32. The summed E-state index contributed by atoms with van der Waals surface area (Å²) in [7, 11) is 0. The number of fused-ring (bicyclic) bond motifs is 1. The fourth-order valence-electron chi connectivity index (χ4n) is 3.04. The van der Waals surface area contributed by atoms with Gasteiger partial charge in [-0.15, -0.1) is 0 Å². The van der Waals surface area contributed by atoms with Gasteiger partial charge in [-0.1, -0.05) is 19.3 Å². The van der Waals surface area contributed by atoms with E-state index in [4.69, 9.17) is 5.11 Å². The minimum absolute atomic E-state index is 0.321. The number of hydrogen-bond acceptors (Lipinski definition) is 2. The van der Waals surface area contributed by atoms with Gasteiger partial charge in [0.05, 0.1) is 16.8 Å². The molecule has 0 saturated heterocycles. The Kier molecular flexibility index (Phi) is 3.01. The van der Waals surface area contributed by atoms with Crippen LogP contribution in [-0.2, 0) is 0 Å². The molecular formula is C15H18N2O2. The van der Waals surface area contributed by atoms with Crippen LogP contribution in [0.4, 0.5) is 0 Å². The Labute approximate surface area is 112 Å². The number of carboxylic acids is 1. The van der Waals surface area contributed by atoms with E-state index in [1.807, 2.05) is 17.4 Å². The first kappa shape index (κ1) is 12.2. The highest BCUT2D eigenvalue weighted by atomic mass is 16.4. The number of aryl methyl sites for hydroxylation is 1. The van der Waals surface area contributed by atoms with Crippen LogP contribution >= 0.6 is 0 Å². The lowest BCUT2D eigenvalue weighted by Crippen LogP contribution is -2.09. The number of carboxylic acid groups (broad SMARTS) is 1. The van der Waals surface area contributed by atoms with Crippen LogP contribution in [0.15, 0.2) is 18.3 Å². The van der Waals surface area contributed by atoms with Crippen LogP contribution in [0.25, 0.3) is 5.52 Å². The smallest absolute Gasteiger partial charge is 0.337 e. The van der Waals surface area contributed by atoms with Crippen molar-refractivity contribution in [1.82, 2.24) is 9.38 Å². The van der Waals surface area contributed by atoms with Gasteiger partial charge < -0.3 is 9.51 Å². The summed E-state index contributed by atoms with van der Waals surface area (Å²) in [4.78, 5) is 15.8. The topological polar surface area (TPSA) is 54.6 Å². The van der Waals surface area contributed by atoms with Crippen molar-refractivity contribution in [2.24, 2.45) is 0 Å². The molecule has 19 heavy (non-hydrogen) atoms. The molecule has 0 spiro atoms. The summed E-state index contributed by atoms with van der Waals surface area (Å²) < 4.78 is 1.98. The third-order valence-corrected chi connectivity index (χ3v) is 4.07. The van der Waals surface area contributed by atoms with Crippen molar-refractivity contribution in [1.29, 1.82) is 0 Å². The average molecular weight is 258 g/mol. The molecule has 1 aliphatic rings. The fraction of sp³-hybridized carbons (Fsp3) is 0.467. The Bertz CT molecular complexity index is 624. The summed E-state index contributed by atoms with van der Waals surface area (Å²) in [6.45, 7) is 1.99. The Hall–Kier alpha value is -1.84. The van der Waals surface area contributed by atoms with E-state index in [9.17, 15) is 4.79 Å². The quantitative estimate of drug-likeness (QED) is 0.898. The lowest BCUT2D eigenvalue weighted by atomic mass is 9.89. The molecule has 0 unspecified atom stereocenters. The van der Waals surface area contributed by atoms with Gasteiger partial charge in [0.25, 0.3) is 0 Å². The molecule has 2 aromatic rings. The van der Waals surface area contributed by atoms with Gasteiger partial charge in [-0.2, -0.15) is 0 Å². The number of hydrogen-bond donors (Lipinski definition) is 1. The first-order valence-electron chi connectivity index (χ1n) is 6.88. The van der Waals surface area contributed by atoms with E-state index in [-0.39, 0.29) is 0 Å². The van der Waals surface area contributed by atoms with Crippen LogP contribution in [0.1, 0.15) is 59.9 Å². The maximum atomic E-state index is 11.1. The van der Waals surface area contributed by atoms with Crippen molar-refractivity contribution in [3.63, 3.8) is 0 Å². The molecule has 0 radical (unpaired) electrons. The Morgan fingerprint density at radius 3 is 2.74 bits per heavy atom. The first-order valence-corrected chi connectivity index (χ1v) is 6.88. The van der Waals surface area contributed by atoms with E-state index in [1.54, 1.807) is 12.3 Å². The molecule has 2 aromatic heterocycles. The number of rotatable bonds is 2. The predicted octanol–water partition coefficient (Wildman–Crippen LogP) is 3.39.